The molecule has 1 aromatic rings. The third kappa shape index (κ3) is 1.72. The van der Waals surface area contributed by atoms with Crippen LogP contribution >= 0.6 is 0 Å². The van der Waals surface area contributed by atoms with Crippen LogP contribution in [0, 0.1) is 0 Å². The zero-order chi connectivity index (χ0) is 9.26. The number of nitrogen functional groups attached to an aromatic ring is 1. The molecule has 72 valence electrons. The van der Waals surface area contributed by atoms with E-state index in [4.69, 9.17) is 15.3 Å². The predicted octanol–water partition coefficient (Wildman–Crippen LogP) is -0.387. The first kappa shape index (κ1) is 8.31. The first-order chi connectivity index (χ1) is 6.31. The Hall–Kier alpha value is -1.30. The Balaban J connectivity index is 2.10. The Morgan fingerprint density at radius 1 is 1.54 bits per heavy atom. The Morgan fingerprint density at radius 2 is 2.31 bits per heavy atom. The highest BCUT2D eigenvalue weighted by Crippen LogP contribution is 2.30. The van der Waals surface area contributed by atoms with Gasteiger partial charge in [-0.25, -0.2) is 0 Å². The first-order valence-electron chi connectivity index (χ1n) is 4.27. The molecule has 6 nitrogen and oxygen atoms in total. The molecule has 1 fully saturated rings. The van der Waals surface area contributed by atoms with Crippen LogP contribution in [-0.2, 0) is 0 Å². The molecule has 0 amide bonds. The average molecular weight is 184 g/mol. The zero-order valence-corrected chi connectivity index (χ0v) is 7.18. The monoisotopic (exact) mass is 184 g/mol. The second-order valence-corrected chi connectivity index (χ2v) is 3.07. The number of aliphatic hydroxyl groups excluding tert-OH is 1. The Kier molecular flexibility index (Phi) is 2.05. The molecule has 1 aromatic heterocycles. The molecule has 3 N–H and O–H groups in total. The van der Waals surface area contributed by atoms with Gasteiger partial charge in [-0.15, -0.1) is 0 Å². The standard InChI is InChI=1S/C7H12N4O2/c8-6-9-10-7(13-6)11(3-4-12)5-1-2-5/h5,12H,1-4H2,(H2,8,9). The van der Waals surface area contributed by atoms with E-state index >= 15 is 0 Å². The van der Waals surface area contributed by atoms with Crippen molar-refractivity contribution in [3.05, 3.63) is 0 Å². The molecule has 0 radical (unpaired) electrons. The van der Waals surface area contributed by atoms with Crippen LogP contribution in [0.25, 0.3) is 0 Å². The number of nitrogens with two attached hydrogens (primary N) is 1. The molecule has 0 aromatic carbocycles. The number of rotatable bonds is 4. The average Bonchev–Trinajstić information content (AvgIpc) is 2.85. The number of aromatic nitrogens is 2. The number of aliphatic hydroxyl groups is 1. The number of hydrogen-bond acceptors (Lipinski definition) is 6. The minimum Gasteiger partial charge on any atom is -0.395 e. The van der Waals surface area contributed by atoms with Crippen LogP contribution in [0.1, 0.15) is 12.8 Å². The summed E-state index contributed by atoms with van der Waals surface area (Å²) in [6, 6.07) is 0.916. The SMILES string of the molecule is Nc1nnc(N(CCO)C2CC2)o1. The van der Waals surface area contributed by atoms with E-state index in [9.17, 15) is 0 Å². The summed E-state index contributed by atoms with van der Waals surface area (Å²) in [5.41, 5.74) is 5.30. The fourth-order valence-corrected chi connectivity index (χ4v) is 1.27. The molecule has 0 unspecified atom stereocenters. The molecule has 1 aliphatic rings. The van der Waals surface area contributed by atoms with Gasteiger partial charge in [-0.3, -0.25) is 0 Å². The summed E-state index contributed by atoms with van der Waals surface area (Å²) in [5, 5.41) is 16.2. The molecule has 0 bridgehead atoms. The van der Waals surface area contributed by atoms with Gasteiger partial charge in [-0.2, -0.15) is 0 Å². The van der Waals surface area contributed by atoms with Crippen molar-refractivity contribution in [3.63, 3.8) is 0 Å². The van der Waals surface area contributed by atoms with Gasteiger partial charge < -0.3 is 20.2 Å². The second-order valence-electron chi connectivity index (χ2n) is 3.07. The lowest BCUT2D eigenvalue weighted by atomic mass is 10.5. The number of anilines is 2. The molecule has 2 rings (SSSR count). The fourth-order valence-electron chi connectivity index (χ4n) is 1.27. The maximum absolute atomic E-state index is 8.82. The van der Waals surface area contributed by atoms with Crippen molar-refractivity contribution in [2.24, 2.45) is 0 Å². The van der Waals surface area contributed by atoms with Gasteiger partial charge in [0.1, 0.15) is 0 Å². The van der Waals surface area contributed by atoms with Crippen molar-refractivity contribution < 1.29 is 9.52 Å². The van der Waals surface area contributed by atoms with E-state index in [1.165, 1.54) is 0 Å². The van der Waals surface area contributed by atoms with Gasteiger partial charge in [0.15, 0.2) is 0 Å². The quantitative estimate of drug-likeness (QED) is 0.662. The largest absolute Gasteiger partial charge is 0.395 e. The summed E-state index contributed by atoms with van der Waals surface area (Å²) < 4.78 is 5.07. The molecular formula is C7H12N4O2. The van der Waals surface area contributed by atoms with Crippen LogP contribution in [0.5, 0.6) is 0 Å². The van der Waals surface area contributed by atoms with Crippen molar-refractivity contribution in [2.45, 2.75) is 18.9 Å². The summed E-state index contributed by atoms with van der Waals surface area (Å²) in [7, 11) is 0. The van der Waals surface area contributed by atoms with Gasteiger partial charge in [-0.1, -0.05) is 10.2 Å². The van der Waals surface area contributed by atoms with Crippen LogP contribution in [0.3, 0.4) is 0 Å². The van der Waals surface area contributed by atoms with Gasteiger partial charge in [0, 0.05) is 12.6 Å². The summed E-state index contributed by atoms with van der Waals surface area (Å²) in [6.45, 7) is 0.602. The molecule has 0 saturated heterocycles. The fraction of sp³-hybridized carbons (Fsp3) is 0.714. The van der Waals surface area contributed by atoms with E-state index in [2.05, 4.69) is 10.2 Å². The molecule has 1 saturated carbocycles. The van der Waals surface area contributed by atoms with Crippen molar-refractivity contribution in [1.29, 1.82) is 0 Å². The summed E-state index contributed by atoms with van der Waals surface area (Å²) in [4.78, 5) is 1.89. The van der Waals surface area contributed by atoms with Gasteiger partial charge in [0.05, 0.1) is 6.61 Å². The van der Waals surface area contributed by atoms with Crippen molar-refractivity contribution in [2.75, 3.05) is 23.8 Å². The highest BCUT2D eigenvalue weighted by atomic mass is 16.4. The molecule has 0 atom stereocenters. The predicted molar refractivity (Wildman–Crippen MR) is 46.2 cm³/mol. The third-order valence-electron chi connectivity index (χ3n) is 2.00. The lowest BCUT2D eigenvalue weighted by Crippen LogP contribution is -2.29. The minimum absolute atomic E-state index is 0.0681. The smallest absolute Gasteiger partial charge is 0.319 e. The van der Waals surface area contributed by atoms with Gasteiger partial charge in [0.2, 0.25) is 0 Å². The lowest BCUT2D eigenvalue weighted by molar-refractivity contribution is 0.298. The summed E-state index contributed by atoms with van der Waals surface area (Å²) in [5.74, 6) is 0. The van der Waals surface area contributed by atoms with E-state index in [0.717, 1.165) is 12.8 Å². The summed E-state index contributed by atoms with van der Waals surface area (Å²) >= 11 is 0. The zero-order valence-electron chi connectivity index (χ0n) is 7.18. The maximum Gasteiger partial charge on any atom is 0.319 e. The Labute approximate surface area is 75.3 Å². The molecule has 0 spiro atoms. The van der Waals surface area contributed by atoms with E-state index < -0.39 is 0 Å². The van der Waals surface area contributed by atoms with Gasteiger partial charge in [0.25, 0.3) is 0 Å². The third-order valence-corrected chi connectivity index (χ3v) is 2.00. The molecule has 0 aliphatic heterocycles. The summed E-state index contributed by atoms with van der Waals surface area (Å²) in [6.07, 6.45) is 2.23. The van der Waals surface area contributed by atoms with Crippen molar-refractivity contribution in [3.8, 4) is 0 Å². The lowest BCUT2D eigenvalue weighted by Gasteiger charge is -2.17. The first-order valence-corrected chi connectivity index (χ1v) is 4.27. The maximum atomic E-state index is 8.82. The van der Waals surface area contributed by atoms with E-state index in [1.807, 2.05) is 4.90 Å². The van der Waals surface area contributed by atoms with Crippen LogP contribution in [-0.4, -0.2) is 34.5 Å². The topological polar surface area (TPSA) is 88.4 Å². The Morgan fingerprint density at radius 3 is 2.77 bits per heavy atom. The minimum atomic E-state index is 0.0681. The van der Waals surface area contributed by atoms with Crippen LogP contribution < -0.4 is 10.6 Å². The van der Waals surface area contributed by atoms with Crippen molar-refractivity contribution >= 4 is 12.0 Å². The van der Waals surface area contributed by atoms with E-state index in [0.29, 0.717) is 18.6 Å². The molecule has 1 aliphatic carbocycles. The van der Waals surface area contributed by atoms with Crippen LogP contribution in [0.4, 0.5) is 12.0 Å². The number of nitrogens with zero attached hydrogens (tertiary/aromatic N) is 3. The van der Waals surface area contributed by atoms with Gasteiger partial charge in [-0.05, 0) is 12.8 Å². The normalized spacial score (nSPS) is 16.1. The molecule has 1 heterocycles. The van der Waals surface area contributed by atoms with E-state index in [-0.39, 0.29) is 12.6 Å². The second kappa shape index (κ2) is 3.21. The van der Waals surface area contributed by atoms with Gasteiger partial charge >= 0.3 is 12.0 Å². The highest BCUT2D eigenvalue weighted by molar-refractivity contribution is 5.31. The van der Waals surface area contributed by atoms with Crippen molar-refractivity contribution in [1.82, 2.24) is 10.2 Å². The number of hydrogen-bond donors (Lipinski definition) is 2. The molecule has 6 heteroatoms. The van der Waals surface area contributed by atoms with E-state index in [1.54, 1.807) is 0 Å². The molecular weight excluding hydrogens is 172 g/mol. The van der Waals surface area contributed by atoms with Crippen LogP contribution in [0.15, 0.2) is 4.42 Å². The highest BCUT2D eigenvalue weighted by Gasteiger charge is 2.31. The Bertz CT molecular complexity index is 284. The molecule has 13 heavy (non-hydrogen) atoms. The van der Waals surface area contributed by atoms with Crippen LogP contribution in [0.2, 0.25) is 0 Å².